The molecule has 0 aromatic heterocycles. The van der Waals surface area contributed by atoms with Crippen molar-refractivity contribution in [3.8, 4) is 0 Å². The van der Waals surface area contributed by atoms with Gasteiger partial charge in [-0.25, -0.2) is 4.39 Å². The molecule has 1 heterocycles. The molecule has 3 atom stereocenters. The van der Waals surface area contributed by atoms with Gasteiger partial charge in [-0.1, -0.05) is 0 Å². The van der Waals surface area contributed by atoms with E-state index in [0.29, 0.717) is 6.04 Å². The molecule has 0 aromatic carbocycles. The molecule has 54 valence electrons. The van der Waals surface area contributed by atoms with Gasteiger partial charge in [0.25, 0.3) is 0 Å². The number of piperidine rings is 1. The van der Waals surface area contributed by atoms with Gasteiger partial charge in [-0.2, -0.15) is 12.6 Å². The lowest BCUT2D eigenvalue weighted by Crippen LogP contribution is -2.44. The highest BCUT2D eigenvalue weighted by Crippen LogP contribution is 2.18. The van der Waals surface area contributed by atoms with Crippen LogP contribution in [0.15, 0.2) is 0 Å². The first-order valence-electron chi connectivity index (χ1n) is 3.28. The zero-order valence-electron chi connectivity index (χ0n) is 5.47. The summed E-state index contributed by atoms with van der Waals surface area (Å²) in [7, 11) is 0. The fourth-order valence-corrected chi connectivity index (χ4v) is 1.27. The molecular formula is C6H12FNS. The van der Waals surface area contributed by atoms with Gasteiger partial charge in [0.2, 0.25) is 0 Å². The minimum atomic E-state index is -0.905. The number of hydrogen-bond acceptors (Lipinski definition) is 2. The number of alkyl halides is 1. The highest BCUT2D eigenvalue weighted by Gasteiger charge is 2.24. The minimum absolute atomic E-state index is 0.0961. The molecule has 0 bridgehead atoms. The Hall–Kier alpha value is 0.240. The van der Waals surface area contributed by atoms with Gasteiger partial charge in [-0.15, -0.1) is 0 Å². The monoisotopic (exact) mass is 149 g/mol. The molecule has 3 heteroatoms. The third-order valence-electron chi connectivity index (χ3n) is 1.68. The van der Waals surface area contributed by atoms with E-state index in [9.17, 15) is 4.39 Å². The number of rotatable bonds is 0. The van der Waals surface area contributed by atoms with Gasteiger partial charge in [0.05, 0.1) is 0 Å². The maximum Gasteiger partial charge on any atom is 0.163 e. The largest absolute Gasteiger partial charge is 0.284 e. The second kappa shape index (κ2) is 2.88. The van der Waals surface area contributed by atoms with Gasteiger partial charge in [-0.05, 0) is 19.8 Å². The van der Waals surface area contributed by atoms with Gasteiger partial charge in [-0.3, -0.25) is 5.32 Å². The molecule has 0 saturated carbocycles. The Kier molecular flexibility index (Phi) is 2.35. The normalized spacial score (nSPS) is 45.0. The number of nitrogens with one attached hydrogen (secondary N) is 1. The van der Waals surface area contributed by atoms with Crippen LogP contribution in [0.4, 0.5) is 4.39 Å². The first-order chi connectivity index (χ1) is 4.20. The first-order valence-corrected chi connectivity index (χ1v) is 3.80. The van der Waals surface area contributed by atoms with Gasteiger partial charge in [0.15, 0.2) is 6.30 Å². The Bertz CT molecular complexity index is 99.1. The molecule has 3 unspecified atom stereocenters. The molecule has 1 saturated heterocycles. The van der Waals surface area contributed by atoms with Gasteiger partial charge in [0, 0.05) is 11.3 Å². The molecule has 1 N–H and O–H groups in total. The molecule has 0 radical (unpaired) electrons. The van der Waals surface area contributed by atoms with Crippen molar-refractivity contribution >= 4 is 12.6 Å². The molecule has 0 spiro atoms. The van der Waals surface area contributed by atoms with Gasteiger partial charge < -0.3 is 0 Å². The van der Waals surface area contributed by atoms with Crippen LogP contribution in [0.2, 0.25) is 0 Å². The zero-order valence-corrected chi connectivity index (χ0v) is 6.37. The van der Waals surface area contributed by atoms with Gasteiger partial charge >= 0.3 is 0 Å². The van der Waals surface area contributed by atoms with E-state index in [1.54, 1.807) is 0 Å². The van der Waals surface area contributed by atoms with E-state index in [4.69, 9.17) is 0 Å². The molecule has 1 rings (SSSR count). The highest BCUT2D eigenvalue weighted by atomic mass is 32.1. The lowest BCUT2D eigenvalue weighted by Gasteiger charge is -2.27. The number of hydrogen-bond donors (Lipinski definition) is 2. The van der Waals surface area contributed by atoms with Crippen LogP contribution in [-0.2, 0) is 0 Å². The van der Waals surface area contributed by atoms with Crippen LogP contribution in [0.3, 0.4) is 0 Å². The predicted octanol–water partition coefficient (Wildman–Crippen LogP) is 1.35. The highest BCUT2D eigenvalue weighted by molar-refractivity contribution is 7.81. The van der Waals surface area contributed by atoms with Crippen molar-refractivity contribution in [1.82, 2.24) is 5.32 Å². The van der Waals surface area contributed by atoms with Crippen LogP contribution < -0.4 is 5.32 Å². The molecule has 0 aliphatic carbocycles. The van der Waals surface area contributed by atoms with Crippen molar-refractivity contribution in [2.75, 3.05) is 0 Å². The van der Waals surface area contributed by atoms with Crippen molar-refractivity contribution in [2.45, 2.75) is 37.4 Å². The van der Waals surface area contributed by atoms with Crippen LogP contribution in [-0.4, -0.2) is 17.6 Å². The topological polar surface area (TPSA) is 12.0 Å². The zero-order chi connectivity index (χ0) is 6.85. The Morgan fingerprint density at radius 3 is 2.67 bits per heavy atom. The van der Waals surface area contributed by atoms with Crippen LogP contribution in [0.1, 0.15) is 19.8 Å². The Labute approximate surface area is 60.4 Å². The smallest absolute Gasteiger partial charge is 0.163 e. The van der Waals surface area contributed by atoms with Crippen molar-refractivity contribution in [3.63, 3.8) is 0 Å². The maximum atomic E-state index is 12.6. The summed E-state index contributed by atoms with van der Waals surface area (Å²) in [5.74, 6) is 0. The van der Waals surface area contributed by atoms with E-state index in [2.05, 4.69) is 17.9 Å². The molecule has 0 amide bonds. The standard InChI is InChI=1S/C6H12FNS/c1-4-2-3-5(9)6(7)8-4/h4-6,8-9H,2-3H2,1H3. The van der Waals surface area contributed by atoms with Crippen molar-refractivity contribution < 1.29 is 4.39 Å². The fourth-order valence-electron chi connectivity index (χ4n) is 1.03. The van der Waals surface area contributed by atoms with Crippen LogP contribution in [0.25, 0.3) is 0 Å². The lowest BCUT2D eigenvalue weighted by molar-refractivity contribution is 0.200. The summed E-state index contributed by atoms with van der Waals surface area (Å²) in [5, 5.41) is 2.69. The summed E-state index contributed by atoms with van der Waals surface area (Å²) in [4.78, 5) is 0. The van der Waals surface area contributed by atoms with Gasteiger partial charge in [0.1, 0.15) is 0 Å². The number of halogens is 1. The average Bonchev–Trinajstić information content (AvgIpc) is 1.80. The molecule has 1 fully saturated rings. The second-order valence-corrected chi connectivity index (χ2v) is 3.28. The third-order valence-corrected chi connectivity index (χ3v) is 2.20. The van der Waals surface area contributed by atoms with Crippen molar-refractivity contribution in [3.05, 3.63) is 0 Å². The third kappa shape index (κ3) is 1.83. The van der Waals surface area contributed by atoms with Crippen molar-refractivity contribution in [2.24, 2.45) is 0 Å². The number of thiol groups is 1. The molecule has 1 nitrogen and oxygen atoms in total. The van der Waals surface area contributed by atoms with E-state index in [1.807, 2.05) is 6.92 Å². The van der Waals surface area contributed by atoms with Crippen LogP contribution >= 0.6 is 12.6 Å². The SMILES string of the molecule is CC1CCC(S)C(F)N1. The Morgan fingerprint density at radius 1 is 1.56 bits per heavy atom. The molecule has 1 aliphatic rings. The molecular weight excluding hydrogens is 137 g/mol. The van der Waals surface area contributed by atoms with Crippen LogP contribution in [0, 0.1) is 0 Å². The van der Waals surface area contributed by atoms with E-state index in [-0.39, 0.29) is 5.25 Å². The summed E-state index contributed by atoms with van der Waals surface area (Å²) in [6.45, 7) is 1.99. The van der Waals surface area contributed by atoms with E-state index in [1.165, 1.54) is 0 Å². The van der Waals surface area contributed by atoms with Crippen molar-refractivity contribution in [1.29, 1.82) is 0 Å². The summed E-state index contributed by atoms with van der Waals surface area (Å²) in [5.41, 5.74) is 0. The first kappa shape index (κ1) is 7.35. The quantitative estimate of drug-likeness (QED) is 0.391. The summed E-state index contributed by atoms with van der Waals surface area (Å²) in [6, 6.07) is 0.323. The fraction of sp³-hybridized carbons (Fsp3) is 1.00. The Morgan fingerprint density at radius 2 is 2.22 bits per heavy atom. The molecule has 1 aliphatic heterocycles. The van der Waals surface area contributed by atoms with E-state index < -0.39 is 6.30 Å². The molecule has 0 aromatic rings. The maximum absolute atomic E-state index is 12.6. The van der Waals surface area contributed by atoms with Crippen LogP contribution in [0.5, 0.6) is 0 Å². The lowest BCUT2D eigenvalue weighted by atomic mass is 10.1. The summed E-state index contributed by atoms with van der Waals surface area (Å²) >= 11 is 4.06. The molecule has 9 heavy (non-hydrogen) atoms. The Balaban J connectivity index is 2.35. The second-order valence-electron chi connectivity index (χ2n) is 2.61. The van der Waals surface area contributed by atoms with E-state index >= 15 is 0 Å². The summed E-state index contributed by atoms with van der Waals surface area (Å²) < 4.78 is 12.6. The summed E-state index contributed by atoms with van der Waals surface area (Å²) in [6.07, 6.45) is 1.02. The van der Waals surface area contributed by atoms with E-state index in [0.717, 1.165) is 12.8 Å². The predicted molar refractivity (Wildman–Crippen MR) is 39.5 cm³/mol. The average molecular weight is 149 g/mol. The minimum Gasteiger partial charge on any atom is -0.284 e.